The molecular weight excluding hydrogens is 1890 g/mol. The summed E-state index contributed by atoms with van der Waals surface area (Å²) >= 11 is -2.44. The molecule has 1 atom stereocenters. The van der Waals surface area contributed by atoms with Crippen LogP contribution in [0.25, 0.3) is 5.57 Å². The van der Waals surface area contributed by atoms with Crippen LogP contribution in [0.4, 0.5) is 0 Å². The van der Waals surface area contributed by atoms with Crippen molar-refractivity contribution < 1.29 is 62.2 Å². The molecule has 14 aromatic carbocycles. The van der Waals surface area contributed by atoms with Gasteiger partial charge in [0.25, 0.3) is 0 Å². The molecule has 0 saturated heterocycles. The summed E-state index contributed by atoms with van der Waals surface area (Å²) in [6.45, 7) is 13.0. The van der Waals surface area contributed by atoms with Gasteiger partial charge in [0.2, 0.25) is 0 Å². The molecule has 18 heteroatoms. The van der Waals surface area contributed by atoms with Crippen molar-refractivity contribution in [3.05, 3.63) is 416 Å². The van der Waals surface area contributed by atoms with Gasteiger partial charge in [0.1, 0.15) is 15.9 Å². The van der Waals surface area contributed by atoms with Crippen LogP contribution in [0.3, 0.4) is 0 Å². The minimum absolute atomic E-state index is 0. The van der Waals surface area contributed by atoms with E-state index in [1.807, 2.05) is 32.9 Å². The Bertz CT molecular complexity index is 4690. The molecule has 14 aromatic rings. The van der Waals surface area contributed by atoms with Gasteiger partial charge in [0, 0.05) is 18.1 Å². The smallest absolute Gasteiger partial charge is 0.0622 e. The Morgan fingerprint density at radius 1 is 0.371 bits per heavy atom. The Balaban J connectivity index is 0.000000183. The molecule has 0 heterocycles. The van der Waals surface area contributed by atoms with E-state index in [9.17, 15) is 5.11 Å². The number of hydrogen-bond donors (Lipinski definition) is 1. The third kappa shape index (κ3) is 28.4. The molecule has 124 heavy (non-hydrogen) atoms. The van der Waals surface area contributed by atoms with Gasteiger partial charge in [-0.1, -0.05) is 354 Å². The van der Waals surface area contributed by atoms with Gasteiger partial charge in [-0.2, -0.15) is 0 Å². The van der Waals surface area contributed by atoms with Crippen LogP contribution in [0.1, 0.15) is 69.4 Å². The maximum absolute atomic E-state index is 11.0. The van der Waals surface area contributed by atoms with E-state index < -0.39 is 56.2 Å². The minimum Gasteiger partial charge on any atom is -0.0622 e. The zero-order valence-electron chi connectivity index (χ0n) is 71.8. The van der Waals surface area contributed by atoms with Crippen molar-refractivity contribution in [1.29, 1.82) is 0 Å². The van der Waals surface area contributed by atoms with Crippen molar-refractivity contribution in [3.8, 4) is 35.3 Å². The second kappa shape index (κ2) is 52.8. The third-order valence-corrected chi connectivity index (χ3v) is 32.8. The predicted octanol–water partition coefficient (Wildman–Crippen LogP) is 22.8. The van der Waals surface area contributed by atoms with Crippen LogP contribution < -0.4 is 82.6 Å². The van der Waals surface area contributed by atoms with Crippen LogP contribution in [0.2, 0.25) is 0 Å². The Morgan fingerprint density at radius 3 is 0.847 bits per heavy atom. The number of fused-ring (bicyclic) bond motifs is 1. The van der Waals surface area contributed by atoms with Gasteiger partial charge in [-0.15, -0.1) is 18.8 Å². The fourth-order valence-corrected chi connectivity index (χ4v) is 25.9. The SMILES string of the molecule is C#CC(O)(c1cc(COC)cc(OC)c1OC)C(C)(C)C.COCc1cc(OC)c(OC)c2c1[C](=[Ru]([Cl])[Cl])C=C2C(C)(C)C.Cl.[Cl][Ru][Cl].c1ccc(P(c2ccccc2)c2ccccc2)cc1.c1ccc(P(c2ccccc2)c2ccccc2)cc1.c1ccc(P(c2ccccc2)c2ccccc2)cc1.c1ccc([PH+](c2ccccc2)c2ccccc2)cc1. The van der Waals surface area contributed by atoms with Crippen LogP contribution >= 0.6 is 82.9 Å². The Hall–Kier alpha value is -8.25. The normalized spacial score (nSPS) is 11.8. The van der Waals surface area contributed by atoms with Crippen LogP contribution in [-0.4, -0.2) is 51.9 Å². The zero-order valence-corrected chi connectivity index (χ0v) is 82.8. The Morgan fingerprint density at radius 2 is 0.629 bits per heavy atom. The molecule has 0 aromatic heterocycles. The fourth-order valence-electron chi connectivity index (χ4n) is 13.9. The first-order valence-electron chi connectivity index (χ1n) is 39.8. The summed E-state index contributed by atoms with van der Waals surface area (Å²) < 4.78 is 33.5. The van der Waals surface area contributed by atoms with Crippen LogP contribution in [0.5, 0.6) is 23.0 Å². The van der Waals surface area contributed by atoms with E-state index in [4.69, 9.17) is 73.6 Å². The van der Waals surface area contributed by atoms with E-state index in [2.05, 4.69) is 397 Å². The molecule has 0 bridgehead atoms. The van der Waals surface area contributed by atoms with Crippen molar-refractivity contribution in [1.82, 2.24) is 0 Å². The van der Waals surface area contributed by atoms with Crippen molar-refractivity contribution in [2.24, 2.45) is 10.8 Å². The number of benzene rings is 14. The largest absolute Gasteiger partial charge is 0.102 e. The van der Waals surface area contributed by atoms with E-state index >= 15 is 0 Å². The monoisotopic (exact) mass is 2000 g/mol. The molecule has 1 unspecified atom stereocenters. The van der Waals surface area contributed by atoms with Gasteiger partial charge in [-0.3, -0.25) is 0 Å². The second-order valence-electron chi connectivity index (χ2n) is 29.7. The van der Waals surface area contributed by atoms with Crippen molar-refractivity contribution in [2.45, 2.75) is 60.4 Å². The number of rotatable bonds is 21. The van der Waals surface area contributed by atoms with Crippen molar-refractivity contribution >= 4 is 156 Å². The van der Waals surface area contributed by atoms with Gasteiger partial charge in [-0.05, 0) is 126 Å². The van der Waals surface area contributed by atoms with E-state index in [1.165, 1.54) is 70.8 Å². The van der Waals surface area contributed by atoms with Crippen LogP contribution in [0, 0.1) is 23.2 Å². The standard InChI is InChI=1S/4C18H15P.C17H24O4.C17H22O3.5ClH.2Ru/c4*1-4-10-16(11-5-1)19(17-12-6-2-7-13-17)18-14-8-3-9-15-18;1-8-17(18,16(2,3)4)13-9-12(11-19-5)10-14(20-6)15(13)21-7;1-17(2,3)13-8-7-12-11(10-18-4)9-14(19-5)16(20-6)15(12)13;;;;;;;/h4*1-15H;1,9-10,18H,11H2,2-7H3;8-9H,10H2,1-6H3;5*1H;;/q;;;;;;;;;;;2*+2/p-3. The maximum atomic E-state index is 11.0. The number of aliphatic hydroxyl groups is 1. The van der Waals surface area contributed by atoms with E-state index in [1.54, 1.807) is 41.6 Å². The number of halogens is 5. The topological polar surface area (TPSA) is 75.6 Å². The molecule has 0 aliphatic heterocycles. The predicted molar refractivity (Wildman–Crippen MR) is 537 cm³/mol. The minimum atomic E-state index is -2.09. The zero-order chi connectivity index (χ0) is 88.0. The summed E-state index contributed by atoms with van der Waals surface area (Å²) in [6, 6.07) is 135. The summed E-state index contributed by atoms with van der Waals surface area (Å²) in [6.07, 6.45) is 7.77. The number of hydrogen-bond acceptors (Lipinski definition) is 7. The van der Waals surface area contributed by atoms with Crippen molar-refractivity contribution in [2.75, 3.05) is 42.7 Å². The second-order valence-corrected chi connectivity index (χ2v) is 47.3. The molecule has 15 rings (SSSR count). The van der Waals surface area contributed by atoms with Gasteiger partial charge < -0.3 is 19.3 Å². The number of allylic oxidation sites excluding steroid dienone is 2. The number of terminal acetylenes is 1. The maximum Gasteiger partial charge on any atom is 0.102 e. The van der Waals surface area contributed by atoms with E-state index in [0.717, 1.165) is 37.7 Å². The van der Waals surface area contributed by atoms with Gasteiger partial charge >= 0.3 is 186 Å². The molecule has 1 aliphatic carbocycles. The summed E-state index contributed by atoms with van der Waals surface area (Å²) in [5.41, 5.74) is 3.48. The Labute approximate surface area is 776 Å². The molecule has 7 nitrogen and oxygen atoms in total. The van der Waals surface area contributed by atoms with Gasteiger partial charge in [0.15, 0.2) is 17.1 Å². The van der Waals surface area contributed by atoms with Gasteiger partial charge in [-0.25, -0.2) is 0 Å². The molecule has 1 aliphatic rings. The number of ether oxygens (including phenoxy) is 6. The molecule has 0 amide bonds. The van der Waals surface area contributed by atoms with E-state index in [-0.39, 0.29) is 33.0 Å². The van der Waals surface area contributed by atoms with Gasteiger partial charge in [0.05, 0.1) is 28.7 Å². The first kappa shape index (κ1) is 101. The molecule has 0 radical (unpaired) electrons. The van der Waals surface area contributed by atoms with Crippen molar-refractivity contribution in [3.63, 3.8) is 0 Å². The molecular formula is C106H108Cl5O7P4Ru2+. The molecule has 0 spiro atoms. The molecule has 0 fully saturated rings. The summed E-state index contributed by atoms with van der Waals surface area (Å²) in [5.74, 6) is 4.88. The summed E-state index contributed by atoms with van der Waals surface area (Å²) in [7, 11) is 29.9. The number of methoxy groups -OCH3 is 6. The third-order valence-electron chi connectivity index (χ3n) is 19.6. The molecule has 0 saturated carbocycles. The average Bonchev–Trinajstić information content (AvgIpc) is 1.55. The first-order valence-corrected chi connectivity index (χ1v) is 55.1. The van der Waals surface area contributed by atoms with Crippen LogP contribution in [0.15, 0.2) is 388 Å². The fraction of sp³-hybridized carbons (Fsp3) is 0.160. The van der Waals surface area contributed by atoms with E-state index in [0.29, 0.717) is 36.0 Å². The summed E-state index contributed by atoms with van der Waals surface area (Å²) in [4.78, 5) is 0. The average molecular weight is 2000 g/mol. The first-order chi connectivity index (χ1) is 59.7. The Kier molecular flexibility index (Phi) is 43.0. The van der Waals surface area contributed by atoms with Crippen LogP contribution in [-0.2, 0) is 57.0 Å². The molecule has 1 N–H and O–H groups in total. The molecule has 644 valence electrons. The quantitative estimate of drug-likeness (QED) is 0.0436. The summed E-state index contributed by atoms with van der Waals surface area (Å²) in [5, 5.41) is 27.9.